The van der Waals surface area contributed by atoms with Gasteiger partial charge < -0.3 is 14.4 Å². The van der Waals surface area contributed by atoms with E-state index in [9.17, 15) is 9.59 Å². The summed E-state index contributed by atoms with van der Waals surface area (Å²) in [6, 6.07) is 16.7. The van der Waals surface area contributed by atoms with Gasteiger partial charge in [0.1, 0.15) is 5.69 Å². The highest BCUT2D eigenvalue weighted by molar-refractivity contribution is 5.93. The SMILES string of the molecule is CCN1CCN(C(=O)c2cn(C)cn2)C[C@@H](Cc2ccccc2-c2ccc(C)cc2)C1=O. The van der Waals surface area contributed by atoms with Gasteiger partial charge in [0.2, 0.25) is 5.91 Å². The van der Waals surface area contributed by atoms with E-state index in [4.69, 9.17) is 0 Å². The Labute approximate surface area is 189 Å². The Hall–Kier alpha value is -3.41. The van der Waals surface area contributed by atoms with Gasteiger partial charge in [0.05, 0.1) is 12.2 Å². The number of hydrogen-bond donors (Lipinski definition) is 0. The van der Waals surface area contributed by atoms with Crippen LogP contribution in [0.2, 0.25) is 0 Å². The lowest BCUT2D eigenvalue weighted by atomic mass is 9.91. The van der Waals surface area contributed by atoms with E-state index in [0.29, 0.717) is 38.3 Å². The van der Waals surface area contributed by atoms with Crippen LogP contribution in [0.5, 0.6) is 0 Å². The second-order valence-corrected chi connectivity index (χ2v) is 8.52. The van der Waals surface area contributed by atoms with Crippen molar-refractivity contribution in [3.63, 3.8) is 0 Å². The van der Waals surface area contributed by atoms with Crippen LogP contribution in [0.1, 0.15) is 28.5 Å². The highest BCUT2D eigenvalue weighted by atomic mass is 16.2. The summed E-state index contributed by atoms with van der Waals surface area (Å²) >= 11 is 0. The Morgan fingerprint density at radius 1 is 1.09 bits per heavy atom. The molecule has 2 aromatic carbocycles. The van der Waals surface area contributed by atoms with Gasteiger partial charge in [-0.25, -0.2) is 4.98 Å². The van der Waals surface area contributed by atoms with Crippen LogP contribution in [0.15, 0.2) is 61.1 Å². The summed E-state index contributed by atoms with van der Waals surface area (Å²) in [5.41, 5.74) is 5.03. The molecule has 0 aliphatic carbocycles. The minimum absolute atomic E-state index is 0.113. The second-order valence-electron chi connectivity index (χ2n) is 8.52. The third-order valence-electron chi connectivity index (χ3n) is 6.18. The fourth-order valence-electron chi connectivity index (χ4n) is 4.36. The molecular weight excluding hydrogens is 400 g/mol. The number of hydrogen-bond acceptors (Lipinski definition) is 3. The van der Waals surface area contributed by atoms with Crippen molar-refractivity contribution >= 4 is 11.8 Å². The molecule has 1 aliphatic heterocycles. The number of nitrogens with zero attached hydrogens (tertiary/aromatic N) is 4. The molecule has 32 heavy (non-hydrogen) atoms. The molecule has 0 unspecified atom stereocenters. The fraction of sp³-hybridized carbons (Fsp3) is 0.346. The van der Waals surface area contributed by atoms with Crippen molar-refractivity contribution in [2.24, 2.45) is 13.0 Å². The minimum Gasteiger partial charge on any atom is -0.341 e. The molecule has 2 heterocycles. The molecule has 0 saturated carbocycles. The molecule has 2 amide bonds. The van der Waals surface area contributed by atoms with Crippen molar-refractivity contribution in [3.05, 3.63) is 77.9 Å². The van der Waals surface area contributed by atoms with E-state index in [1.54, 1.807) is 22.0 Å². The zero-order valence-corrected chi connectivity index (χ0v) is 19.0. The Morgan fingerprint density at radius 2 is 1.84 bits per heavy atom. The van der Waals surface area contributed by atoms with Crippen LogP contribution in [0.4, 0.5) is 0 Å². The van der Waals surface area contributed by atoms with Crippen molar-refractivity contribution in [2.45, 2.75) is 20.3 Å². The average molecular weight is 431 g/mol. The molecule has 1 aromatic heterocycles. The number of imidazole rings is 1. The lowest BCUT2D eigenvalue weighted by molar-refractivity contribution is -0.134. The number of likely N-dealkylation sites (N-methyl/N-ethyl adjacent to an activating group) is 1. The van der Waals surface area contributed by atoms with Crippen molar-refractivity contribution in [2.75, 3.05) is 26.2 Å². The van der Waals surface area contributed by atoms with Crippen LogP contribution < -0.4 is 0 Å². The Bertz CT molecular complexity index is 1100. The standard InChI is InChI=1S/C26H30N4O2/c1-4-29-13-14-30(26(32)24-17-28(3)18-27-24)16-22(25(29)31)15-21-7-5-6-8-23(21)20-11-9-19(2)10-12-20/h5-12,17-18,22H,4,13-16H2,1-3H3/t22-/m1/s1. The molecule has 1 aliphatic rings. The van der Waals surface area contributed by atoms with Gasteiger partial charge in [-0.15, -0.1) is 0 Å². The van der Waals surface area contributed by atoms with E-state index < -0.39 is 0 Å². The number of aryl methyl sites for hydroxylation is 2. The summed E-state index contributed by atoms with van der Waals surface area (Å²) in [5, 5.41) is 0. The van der Waals surface area contributed by atoms with E-state index in [0.717, 1.165) is 16.7 Å². The molecule has 1 saturated heterocycles. The molecular formula is C26H30N4O2. The molecule has 166 valence electrons. The van der Waals surface area contributed by atoms with Crippen LogP contribution >= 0.6 is 0 Å². The average Bonchev–Trinajstić information content (AvgIpc) is 3.17. The summed E-state index contributed by atoms with van der Waals surface area (Å²) in [4.78, 5) is 34.3. The minimum atomic E-state index is -0.295. The zero-order valence-electron chi connectivity index (χ0n) is 19.0. The van der Waals surface area contributed by atoms with Crippen LogP contribution in [-0.4, -0.2) is 57.3 Å². The molecule has 1 atom stereocenters. The first-order valence-electron chi connectivity index (χ1n) is 11.2. The number of carbonyl (C=O) groups is 2. The first-order chi connectivity index (χ1) is 15.5. The van der Waals surface area contributed by atoms with E-state index in [1.165, 1.54) is 5.56 Å². The van der Waals surface area contributed by atoms with Gasteiger partial charge in [-0.05, 0) is 37.0 Å². The summed E-state index contributed by atoms with van der Waals surface area (Å²) in [6.07, 6.45) is 3.95. The fourth-order valence-corrected chi connectivity index (χ4v) is 4.36. The molecule has 0 radical (unpaired) electrons. The van der Waals surface area contributed by atoms with Crippen molar-refractivity contribution < 1.29 is 9.59 Å². The summed E-state index contributed by atoms with van der Waals surface area (Å²) < 4.78 is 1.77. The maximum absolute atomic E-state index is 13.4. The van der Waals surface area contributed by atoms with Gasteiger partial charge in [-0.1, -0.05) is 54.1 Å². The third kappa shape index (κ3) is 4.59. The van der Waals surface area contributed by atoms with E-state index >= 15 is 0 Å². The van der Waals surface area contributed by atoms with E-state index in [2.05, 4.69) is 48.3 Å². The van der Waals surface area contributed by atoms with Gasteiger partial charge in [-0.3, -0.25) is 9.59 Å². The molecule has 6 heteroatoms. The molecule has 4 rings (SSSR count). The number of carbonyl (C=O) groups excluding carboxylic acids is 2. The van der Waals surface area contributed by atoms with Crippen LogP contribution in [0.25, 0.3) is 11.1 Å². The third-order valence-corrected chi connectivity index (χ3v) is 6.18. The largest absolute Gasteiger partial charge is 0.341 e. The van der Waals surface area contributed by atoms with E-state index in [1.807, 2.05) is 31.0 Å². The van der Waals surface area contributed by atoms with Crippen molar-refractivity contribution in [1.29, 1.82) is 0 Å². The topological polar surface area (TPSA) is 58.4 Å². The van der Waals surface area contributed by atoms with Gasteiger partial charge >= 0.3 is 0 Å². The maximum Gasteiger partial charge on any atom is 0.274 e. The molecule has 1 fully saturated rings. The predicted molar refractivity (Wildman–Crippen MR) is 125 cm³/mol. The van der Waals surface area contributed by atoms with E-state index in [-0.39, 0.29) is 17.7 Å². The molecule has 0 spiro atoms. The lowest BCUT2D eigenvalue weighted by Crippen LogP contribution is -2.38. The zero-order chi connectivity index (χ0) is 22.7. The highest BCUT2D eigenvalue weighted by Crippen LogP contribution is 2.28. The normalized spacial score (nSPS) is 16.8. The van der Waals surface area contributed by atoms with Gasteiger partial charge in [0, 0.05) is 39.4 Å². The quantitative estimate of drug-likeness (QED) is 0.622. The summed E-state index contributed by atoms with van der Waals surface area (Å²) in [6.45, 7) is 6.17. The lowest BCUT2D eigenvalue weighted by Gasteiger charge is -2.24. The van der Waals surface area contributed by atoms with Crippen LogP contribution in [0.3, 0.4) is 0 Å². The molecule has 3 aromatic rings. The predicted octanol–water partition coefficient (Wildman–Crippen LogP) is 3.56. The van der Waals surface area contributed by atoms with Crippen molar-refractivity contribution in [3.8, 4) is 11.1 Å². The van der Waals surface area contributed by atoms with Crippen molar-refractivity contribution in [1.82, 2.24) is 19.4 Å². The Kier molecular flexibility index (Phi) is 6.40. The summed E-state index contributed by atoms with van der Waals surface area (Å²) in [7, 11) is 1.85. The Morgan fingerprint density at radius 3 is 2.53 bits per heavy atom. The number of rotatable bonds is 5. The smallest absolute Gasteiger partial charge is 0.274 e. The van der Waals surface area contributed by atoms with Gasteiger partial charge in [0.25, 0.3) is 5.91 Å². The number of aromatic nitrogens is 2. The molecule has 6 nitrogen and oxygen atoms in total. The number of benzene rings is 2. The molecule has 0 N–H and O–H groups in total. The maximum atomic E-state index is 13.4. The van der Waals surface area contributed by atoms with Crippen LogP contribution in [-0.2, 0) is 18.3 Å². The van der Waals surface area contributed by atoms with Gasteiger partial charge in [0.15, 0.2) is 0 Å². The first-order valence-corrected chi connectivity index (χ1v) is 11.2. The monoisotopic (exact) mass is 430 g/mol. The highest BCUT2D eigenvalue weighted by Gasteiger charge is 2.33. The second kappa shape index (κ2) is 9.39. The number of amides is 2. The van der Waals surface area contributed by atoms with Crippen LogP contribution in [0, 0.1) is 12.8 Å². The Balaban J connectivity index is 1.63. The molecule has 0 bridgehead atoms. The van der Waals surface area contributed by atoms with Gasteiger partial charge in [-0.2, -0.15) is 0 Å². The summed E-state index contributed by atoms with van der Waals surface area (Å²) in [5.74, 6) is -0.299. The first kappa shape index (κ1) is 21.8.